The van der Waals surface area contributed by atoms with Crippen molar-refractivity contribution in [2.45, 2.75) is 52.1 Å². The lowest BCUT2D eigenvalue weighted by molar-refractivity contribution is -0.139. The average Bonchev–Trinajstić information content (AvgIpc) is 3.05. The molecule has 0 radical (unpaired) electrons. The van der Waals surface area contributed by atoms with Gasteiger partial charge in [-0.2, -0.15) is 23.2 Å². The van der Waals surface area contributed by atoms with Crippen LogP contribution < -0.4 is 14.2 Å². The highest BCUT2D eigenvalue weighted by atomic mass is 35.5. The van der Waals surface area contributed by atoms with Gasteiger partial charge in [0.15, 0.2) is 11.5 Å². The molecule has 2 aliphatic heterocycles. The van der Waals surface area contributed by atoms with Gasteiger partial charge in [-0.05, 0) is 57.3 Å². The topological polar surface area (TPSA) is 108 Å². The predicted octanol–water partition coefficient (Wildman–Crippen LogP) is 8.60. The van der Waals surface area contributed by atoms with Gasteiger partial charge >= 0.3 is 12.2 Å². The number of hydrogen-bond donors (Lipinski definition) is 0. The summed E-state index contributed by atoms with van der Waals surface area (Å²) in [6.45, 7) is 15.6. The standard InChI is InChI=1S/C35H40Cl2F3N5O5/c1-6-24(16-26(23(4)36)35(38,39)40)43-33(46)44-28(7-2)27(37)15-22(3)50-32-25-17-30(47-5)31(18-29(25)41-21-42-32)49-14-8-11-45-12-9-34(10-13-45)19-48-20-34/h15-18,21H,3-4,6-14,19-20H2,1-2,5H3/b26-16+,27-15+,43-24?,44-28?. The van der Waals surface area contributed by atoms with Gasteiger partial charge < -0.3 is 23.8 Å². The smallest absolute Gasteiger partial charge is 0.417 e. The van der Waals surface area contributed by atoms with Gasteiger partial charge in [0, 0.05) is 34.8 Å². The van der Waals surface area contributed by atoms with Crippen LogP contribution in [0.1, 0.15) is 46.0 Å². The number of carbonyl (C=O) groups excluding carboxylic acids is 1. The average molecular weight is 739 g/mol. The molecule has 270 valence electrons. The van der Waals surface area contributed by atoms with Crippen molar-refractivity contribution in [1.29, 1.82) is 0 Å². The van der Waals surface area contributed by atoms with Gasteiger partial charge in [0.05, 0.1) is 54.2 Å². The maximum absolute atomic E-state index is 13.3. The van der Waals surface area contributed by atoms with Gasteiger partial charge in [-0.15, -0.1) is 0 Å². The lowest BCUT2D eigenvalue weighted by atomic mass is 9.77. The summed E-state index contributed by atoms with van der Waals surface area (Å²) in [6.07, 6.45) is 1.96. The van der Waals surface area contributed by atoms with Gasteiger partial charge in [-0.1, -0.05) is 50.2 Å². The monoisotopic (exact) mass is 737 g/mol. The molecule has 0 atom stereocenters. The van der Waals surface area contributed by atoms with Gasteiger partial charge in [-0.3, -0.25) is 0 Å². The summed E-state index contributed by atoms with van der Waals surface area (Å²) in [5.41, 5.74) is -0.339. The molecule has 0 unspecified atom stereocenters. The minimum atomic E-state index is -4.78. The number of aromatic nitrogens is 2. The molecule has 0 saturated carbocycles. The van der Waals surface area contributed by atoms with E-state index in [0.29, 0.717) is 40.5 Å². The summed E-state index contributed by atoms with van der Waals surface area (Å²) >= 11 is 12.0. The summed E-state index contributed by atoms with van der Waals surface area (Å²) in [4.78, 5) is 31.2. The van der Waals surface area contributed by atoms with Crippen molar-refractivity contribution < 1.29 is 36.9 Å². The zero-order chi connectivity index (χ0) is 36.5. The largest absolute Gasteiger partial charge is 0.493 e. The fourth-order valence-electron chi connectivity index (χ4n) is 5.43. The number of alkyl halides is 3. The molecular formula is C35H40Cl2F3N5O5. The summed E-state index contributed by atoms with van der Waals surface area (Å²) in [5.74, 6) is 1.24. The van der Waals surface area contributed by atoms with Gasteiger partial charge in [0.1, 0.15) is 12.1 Å². The van der Waals surface area contributed by atoms with E-state index in [-0.39, 0.29) is 40.9 Å². The first-order chi connectivity index (χ1) is 23.8. The van der Waals surface area contributed by atoms with E-state index < -0.39 is 22.8 Å². The SMILES string of the molecule is C=C(/C=C(/Cl)C(CC)=NC(=O)N=C(/C=C(\C(=C)Cl)C(F)(F)F)CC)Oc1ncnc2cc(OCCCN3CCC4(CC3)COC4)c(OC)cc12. The summed E-state index contributed by atoms with van der Waals surface area (Å²) in [5, 5.41) is -0.196. The fourth-order valence-corrected chi connectivity index (χ4v) is 5.89. The Hall–Kier alpha value is -3.78. The third-order valence-corrected chi connectivity index (χ3v) is 8.89. The quantitative estimate of drug-likeness (QED) is 0.0821. The van der Waals surface area contributed by atoms with E-state index in [9.17, 15) is 18.0 Å². The predicted molar refractivity (Wildman–Crippen MR) is 189 cm³/mol. The van der Waals surface area contributed by atoms with Crippen LogP contribution in [0.15, 0.2) is 75.2 Å². The molecule has 10 nitrogen and oxygen atoms in total. The number of piperidine rings is 1. The molecule has 4 rings (SSSR count). The first kappa shape index (κ1) is 39.0. The number of hydrogen-bond acceptors (Lipinski definition) is 8. The molecule has 0 aliphatic carbocycles. The second-order valence-corrected chi connectivity index (χ2v) is 12.8. The number of allylic oxidation sites excluding steroid dienone is 5. The Kier molecular flexibility index (Phi) is 13.6. The number of nitrogens with zero attached hydrogens (tertiary/aromatic N) is 5. The number of urea groups is 1. The van der Waals surface area contributed by atoms with E-state index in [1.165, 1.54) is 39.3 Å². The number of halogens is 5. The Balaban J connectivity index is 1.41. The highest BCUT2D eigenvalue weighted by molar-refractivity contribution is 6.44. The van der Waals surface area contributed by atoms with E-state index in [1.807, 2.05) is 0 Å². The number of likely N-dealkylation sites (tertiary alicyclic amines) is 1. The molecule has 2 aliphatic rings. The molecule has 1 aromatic carbocycles. The molecule has 1 aromatic heterocycles. The first-order valence-electron chi connectivity index (χ1n) is 16.1. The molecule has 0 bridgehead atoms. The van der Waals surface area contributed by atoms with Crippen LogP contribution in [-0.2, 0) is 4.74 Å². The number of carbonyl (C=O) groups is 1. The van der Waals surface area contributed by atoms with E-state index in [4.69, 9.17) is 42.1 Å². The minimum absolute atomic E-state index is 0.00195. The van der Waals surface area contributed by atoms with Crippen molar-refractivity contribution in [1.82, 2.24) is 14.9 Å². The molecule has 0 N–H and O–H groups in total. The van der Waals surface area contributed by atoms with Crippen molar-refractivity contribution in [3.05, 3.63) is 65.2 Å². The molecule has 2 amide bonds. The number of benzene rings is 1. The number of amides is 2. The normalized spacial score (nSPS) is 17.4. The Morgan fingerprint density at radius 1 is 1.08 bits per heavy atom. The third kappa shape index (κ3) is 10.4. The first-order valence-corrected chi connectivity index (χ1v) is 16.9. The Labute approximate surface area is 299 Å². The fraction of sp³-hybridized carbons (Fsp3) is 0.457. The van der Waals surface area contributed by atoms with E-state index in [2.05, 4.69) is 38.0 Å². The van der Waals surface area contributed by atoms with Crippen LogP contribution in [0.5, 0.6) is 17.4 Å². The zero-order valence-electron chi connectivity index (χ0n) is 28.2. The van der Waals surface area contributed by atoms with Crippen LogP contribution in [-0.4, -0.2) is 85.1 Å². The van der Waals surface area contributed by atoms with E-state index in [1.54, 1.807) is 19.1 Å². The van der Waals surface area contributed by atoms with Crippen LogP contribution in [0.25, 0.3) is 10.9 Å². The Morgan fingerprint density at radius 2 is 1.80 bits per heavy atom. The highest BCUT2D eigenvalue weighted by Crippen LogP contribution is 2.39. The molecule has 2 saturated heterocycles. The number of fused-ring (bicyclic) bond motifs is 1. The second kappa shape index (κ2) is 17.4. The molecule has 1 spiro atoms. The molecular weight excluding hydrogens is 698 g/mol. The van der Waals surface area contributed by atoms with Gasteiger partial charge in [-0.25, -0.2) is 14.8 Å². The second-order valence-electron chi connectivity index (χ2n) is 11.9. The molecule has 50 heavy (non-hydrogen) atoms. The van der Waals surface area contributed by atoms with Crippen LogP contribution in [0.2, 0.25) is 0 Å². The van der Waals surface area contributed by atoms with Crippen molar-refractivity contribution >= 4 is 51.6 Å². The van der Waals surface area contributed by atoms with Gasteiger partial charge in [0.25, 0.3) is 0 Å². The molecule has 15 heteroatoms. The molecule has 2 fully saturated rings. The van der Waals surface area contributed by atoms with Crippen LogP contribution in [0.3, 0.4) is 0 Å². The lowest BCUT2D eigenvalue weighted by Gasteiger charge is -2.47. The van der Waals surface area contributed by atoms with Crippen molar-refractivity contribution in [2.24, 2.45) is 15.4 Å². The number of aliphatic imine (C=N–C) groups is 2. The third-order valence-electron chi connectivity index (χ3n) is 8.36. The zero-order valence-corrected chi connectivity index (χ0v) is 29.8. The van der Waals surface area contributed by atoms with Gasteiger partial charge in [0.2, 0.25) is 5.88 Å². The minimum Gasteiger partial charge on any atom is -0.493 e. The molecule has 2 aromatic rings. The van der Waals surface area contributed by atoms with Crippen molar-refractivity contribution in [3.63, 3.8) is 0 Å². The summed E-state index contributed by atoms with van der Waals surface area (Å²) < 4.78 is 62.8. The Morgan fingerprint density at radius 3 is 2.38 bits per heavy atom. The highest BCUT2D eigenvalue weighted by Gasteiger charge is 2.41. The number of ether oxygens (including phenoxy) is 4. The Bertz CT molecular complexity index is 1710. The summed E-state index contributed by atoms with van der Waals surface area (Å²) in [6, 6.07) is 2.41. The number of methoxy groups -OCH3 is 1. The maximum Gasteiger partial charge on any atom is 0.417 e. The van der Waals surface area contributed by atoms with Crippen molar-refractivity contribution in [3.8, 4) is 17.4 Å². The lowest BCUT2D eigenvalue weighted by Crippen LogP contribution is -2.51. The van der Waals surface area contributed by atoms with E-state index in [0.717, 1.165) is 39.3 Å². The van der Waals surface area contributed by atoms with Crippen LogP contribution in [0, 0.1) is 5.41 Å². The summed E-state index contributed by atoms with van der Waals surface area (Å²) in [7, 11) is 1.54. The molecule has 3 heterocycles. The maximum atomic E-state index is 13.3. The van der Waals surface area contributed by atoms with Crippen LogP contribution in [0.4, 0.5) is 18.0 Å². The van der Waals surface area contributed by atoms with Crippen molar-refractivity contribution in [2.75, 3.05) is 46.6 Å². The number of rotatable bonds is 14. The van der Waals surface area contributed by atoms with Crippen LogP contribution >= 0.6 is 23.2 Å². The van der Waals surface area contributed by atoms with E-state index >= 15 is 0 Å².